The van der Waals surface area contributed by atoms with E-state index in [1.54, 1.807) is 0 Å². The van der Waals surface area contributed by atoms with Crippen LogP contribution in [0.3, 0.4) is 0 Å². The summed E-state index contributed by atoms with van der Waals surface area (Å²) in [5, 5.41) is 0. The zero-order valence-electron chi connectivity index (χ0n) is 15.8. The first kappa shape index (κ1) is 20.2. The van der Waals surface area contributed by atoms with E-state index < -0.39 is 0 Å². The van der Waals surface area contributed by atoms with Crippen LogP contribution in [0.5, 0.6) is 0 Å². The van der Waals surface area contributed by atoms with Crippen LogP contribution < -0.4 is 5.46 Å². The molecular weight excluding hydrogens is 295 g/mol. The van der Waals surface area contributed by atoms with Crippen molar-refractivity contribution in [2.24, 2.45) is 0 Å². The van der Waals surface area contributed by atoms with Crippen molar-refractivity contribution in [2.45, 2.75) is 54.5 Å². The second-order valence-corrected chi connectivity index (χ2v) is 5.45. The highest BCUT2D eigenvalue weighted by atomic mass is 16.4. The summed E-state index contributed by atoms with van der Waals surface area (Å²) in [6.07, 6.45) is 0.447. The standard InChI is InChI=1S/C17H17BO2.2C2H6/c1-12-3-6-14(7-4-12)17(19)10-13-5-8-15-11-20-18(2)16(15)9-13;2*1-2/h3-9H,10-11H2,1-2H3;2*1-2H3. The van der Waals surface area contributed by atoms with Crippen LogP contribution in [0.4, 0.5) is 0 Å². The molecule has 0 N–H and O–H groups in total. The van der Waals surface area contributed by atoms with E-state index >= 15 is 0 Å². The molecule has 0 atom stereocenters. The topological polar surface area (TPSA) is 26.3 Å². The van der Waals surface area contributed by atoms with Crippen molar-refractivity contribution in [3.8, 4) is 0 Å². The van der Waals surface area contributed by atoms with Crippen molar-refractivity contribution in [3.05, 3.63) is 64.7 Å². The number of hydrogen-bond donors (Lipinski definition) is 0. The zero-order chi connectivity index (χ0) is 18.1. The largest absolute Gasteiger partial charge is 0.427 e. The van der Waals surface area contributed by atoms with E-state index in [9.17, 15) is 4.79 Å². The molecule has 0 aliphatic carbocycles. The third-order valence-corrected chi connectivity index (χ3v) is 3.88. The second-order valence-electron chi connectivity index (χ2n) is 5.45. The van der Waals surface area contributed by atoms with Gasteiger partial charge in [-0.1, -0.05) is 82.5 Å². The highest BCUT2D eigenvalue weighted by Crippen LogP contribution is 2.14. The van der Waals surface area contributed by atoms with Gasteiger partial charge in [-0.15, -0.1) is 0 Å². The fourth-order valence-corrected chi connectivity index (χ4v) is 2.60. The van der Waals surface area contributed by atoms with Crippen molar-refractivity contribution in [1.29, 1.82) is 0 Å². The van der Waals surface area contributed by atoms with Crippen molar-refractivity contribution in [1.82, 2.24) is 0 Å². The smallest absolute Gasteiger partial charge is 0.324 e. The molecule has 128 valence electrons. The molecule has 0 bridgehead atoms. The Morgan fingerprint density at radius 2 is 1.67 bits per heavy atom. The van der Waals surface area contributed by atoms with Crippen LogP contribution in [0.25, 0.3) is 0 Å². The normalized spacial score (nSPS) is 11.7. The number of Topliss-reactive ketones (excluding diaryl/α,β-unsaturated/α-hetero) is 1. The van der Waals surface area contributed by atoms with E-state index in [0.29, 0.717) is 13.0 Å². The summed E-state index contributed by atoms with van der Waals surface area (Å²) in [6, 6.07) is 14.0. The molecule has 0 saturated carbocycles. The molecular formula is C21H29BO2. The van der Waals surface area contributed by atoms with Gasteiger partial charge in [-0.3, -0.25) is 4.79 Å². The number of fused-ring (bicyclic) bond motifs is 1. The van der Waals surface area contributed by atoms with Gasteiger partial charge in [-0.25, -0.2) is 0 Å². The molecule has 0 spiro atoms. The number of aryl methyl sites for hydroxylation is 1. The van der Waals surface area contributed by atoms with Crippen molar-refractivity contribution in [2.75, 3.05) is 0 Å². The van der Waals surface area contributed by atoms with Gasteiger partial charge >= 0.3 is 6.92 Å². The number of ketones is 1. The summed E-state index contributed by atoms with van der Waals surface area (Å²) in [5.41, 5.74) is 5.47. The van der Waals surface area contributed by atoms with Gasteiger partial charge < -0.3 is 4.65 Å². The Kier molecular flexibility index (Phi) is 8.49. The zero-order valence-corrected chi connectivity index (χ0v) is 15.8. The molecule has 3 rings (SSSR count). The molecule has 0 radical (unpaired) electrons. The third-order valence-electron chi connectivity index (χ3n) is 3.88. The number of carbonyl (C=O) groups is 1. The predicted octanol–water partition coefficient (Wildman–Crippen LogP) is 4.83. The van der Waals surface area contributed by atoms with Gasteiger partial charge in [0.05, 0.1) is 6.61 Å². The van der Waals surface area contributed by atoms with Crippen LogP contribution in [-0.2, 0) is 17.7 Å². The minimum atomic E-state index is 0.138. The Morgan fingerprint density at radius 3 is 2.29 bits per heavy atom. The molecule has 1 heterocycles. The molecule has 0 fully saturated rings. The highest BCUT2D eigenvalue weighted by Gasteiger charge is 2.23. The first-order valence-corrected chi connectivity index (χ1v) is 8.96. The lowest BCUT2D eigenvalue weighted by atomic mass is 9.64. The third kappa shape index (κ3) is 5.07. The van der Waals surface area contributed by atoms with Crippen LogP contribution in [0.15, 0.2) is 42.5 Å². The Labute approximate surface area is 147 Å². The lowest BCUT2D eigenvalue weighted by Gasteiger charge is -2.05. The minimum Gasteiger partial charge on any atom is -0.427 e. The van der Waals surface area contributed by atoms with Crippen LogP contribution in [-0.4, -0.2) is 12.7 Å². The summed E-state index contributed by atoms with van der Waals surface area (Å²) in [4.78, 5) is 12.3. The fourth-order valence-electron chi connectivity index (χ4n) is 2.60. The van der Waals surface area contributed by atoms with E-state index in [1.807, 2.05) is 65.0 Å². The molecule has 1 aliphatic heterocycles. The van der Waals surface area contributed by atoms with Gasteiger partial charge in [0.25, 0.3) is 0 Å². The lowest BCUT2D eigenvalue weighted by Crippen LogP contribution is -2.24. The molecule has 0 unspecified atom stereocenters. The van der Waals surface area contributed by atoms with E-state index in [2.05, 4.69) is 19.0 Å². The molecule has 0 aromatic heterocycles. The number of hydrogen-bond acceptors (Lipinski definition) is 2. The monoisotopic (exact) mass is 324 g/mol. The SMILES string of the molecule is CB1OCc2ccc(CC(=O)c3ccc(C)cc3)cc21.CC.CC. The van der Waals surface area contributed by atoms with E-state index in [0.717, 1.165) is 11.1 Å². The quantitative estimate of drug-likeness (QED) is 0.597. The maximum absolute atomic E-state index is 12.3. The van der Waals surface area contributed by atoms with Gasteiger partial charge in [0.1, 0.15) is 0 Å². The minimum absolute atomic E-state index is 0.138. The average molecular weight is 324 g/mol. The number of carbonyl (C=O) groups excluding carboxylic acids is 1. The molecule has 0 amide bonds. The Balaban J connectivity index is 0.000000671. The summed E-state index contributed by atoms with van der Waals surface area (Å²) >= 11 is 0. The van der Waals surface area contributed by atoms with Crippen molar-refractivity contribution >= 4 is 18.2 Å². The van der Waals surface area contributed by atoms with Gasteiger partial charge in [0, 0.05) is 12.0 Å². The van der Waals surface area contributed by atoms with Crippen LogP contribution in [0.2, 0.25) is 6.82 Å². The molecule has 2 nitrogen and oxygen atoms in total. The maximum Gasteiger partial charge on any atom is 0.324 e. The second kappa shape index (κ2) is 10.1. The van der Waals surface area contributed by atoms with Crippen LogP contribution in [0.1, 0.15) is 54.7 Å². The van der Waals surface area contributed by atoms with E-state index in [-0.39, 0.29) is 12.7 Å². The van der Waals surface area contributed by atoms with Crippen molar-refractivity contribution in [3.63, 3.8) is 0 Å². The Hall–Kier alpha value is -1.87. The van der Waals surface area contributed by atoms with Crippen molar-refractivity contribution < 1.29 is 9.45 Å². The molecule has 3 heteroatoms. The summed E-state index contributed by atoms with van der Waals surface area (Å²) in [7, 11) is 0. The van der Waals surface area contributed by atoms with Gasteiger partial charge in [0.15, 0.2) is 5.78 Å². The van der Waals surface area contributed by atoms with Crippen LogP contribution >= 0.6 is 0 Å². The molecule has 2 aromatic rings. The van der Waals surface area contributed by atoms with Gasteiger partial charge in [-0.2, -0.15) is 0 Å². The first-order chi connectivity index (χ1) is 11.6. The van der Waals surface area contributed by atoms with Gasteiger partial charge in [0.2, 0.25) is 0 Å². The van der Waals surface area contributed by atoms with Gasteiger partial charge in [-0.05, 0) is 23.5 Å². The number of benzene rings is 2. The highest BCUT2D eigenvalue weighted by molar-refractivity contribution is 6.67. The molecule has 0 saturated heterocycles. The Bertz CT molecular complexity index is 647. The molecule has 1 aliphatic rings. The summed E-state index contributed by atoms with van der Waals surface area (Å²) in [6.45, 7) is 12.9. The van der Waals surface area contributed by atoms with E-state index in [1.165, 1.54) is 16.6 Å². The average Bonchev–Trinajstić information content (AvgIpc) is 3.00. The van der Waals surface area contributed by atoms with Crippen LogP contribution in [0, 0.1) is 6.92 Å². The first-order valence-electron chi connectivity index (χ1n) is 8.96. The summed E-state index contributed by atoms with van der Waals surface area (Å²) < 4.78 is 5.60. The maximum atomic E-state index is 12.3. The summed E-state index contributed by atoms with van der Waals surface area (Å²) in [5.74, 6) is 0.163. The fraction of sp³-hybridized carbons (Fsp3) is 0.381. The Morgan fingerprint density at radius 1 is 1.04 bits per heavy atom. The lowest BCUT2D eigenvalue weighted by molar-refractivity contribution is 0.0993. The van der Waals surface area contributed by atoms with E-state index in [4.69, 9.17) is 4.65 Å². The number of rotatable bonds is 3. The molecule has 24 heavy (non-hydrogen) atoms. The molecule has 2 aromatic carbocycles. The predicted molar refractivity (Wildman–Crippen MR) is 104 cm³/mol.